The van der Waals surface area contributed by atoms with E-state index in [0.717, 1.165) is 38.9 Å². The molecule has 32 heavy (non-hydrogen) atoms. The molecule has 4 rings (SSSR count). The second-order valence-electron chi connectivity index (χ2n) is 8.47. The van der Waals surface area contributed by atoms with Gasteiger partial charge in [-0.2, -0.15) is 0 Å². The summed E-state index contributed by atoms with van der Waals surface area (Å²) < 4.78 is 5.29. The van der Waals surface area contributed by atoms with Crippen LogP contribution in [0.15, 0.2) is 72.9 Å². The second-order valence-corrected chi connectivity index (χ2v) is 8.83. The number of ether oxygens (including phenoxy) is 1. The minimum absolute atomic E-state index is 0.382. The minimum atomic E-state index is -0.526. The summed E-state index contributed by atoms with van der Waals surface area (Å²) in [4.78, 5) is 21.0. The van der Waals surface area contributed by atoms with Crippen LogP contribution in [0.2, 0.25) is 5.15 Å². The van der Waals surface area contributed by atoms with Crippen molar-refractivity contribution in [2.45, 2.75) is 32.9 Å². The summed E-state index contributed by atoms with van der Waals surface area (Å²) in [6.07, 6.45) is 1.23. The average molecular weight is 446 g/mol. The van der Waals surface area contributed by atoms with Crippen LogP contribution >= 0.6 is 11.6 Å². The van der Waals surface area contributed by atoms with Crippen molar-refractivity contribution >= 4 is 28.6 Å². The first-order chi connectivity index (χ1) is 15.3. The van der Waals surface area contributed by atoms with Crippen molar-refractivity contribution in [1.29, 1.82) is 0 Å². The number of hydrogen-bond acceptors (Lipinski definition) is 4. The number of carbonyl (C=O) groups is 1. The Balaban J connectivity index is 1.66. The summed E-state index contributed by atoms with van der Waals surface area (Å²) in [6, 6.07) is 22.0. The Bertz CT molecular complexity index is 1250. The Morgan fingerprint density at radius 3 is 2.41 bits per heavy atom. The van der Waals surface area contributed by atoms with Gasteiger partial charge in [0.15, 0.2) is 0 Å². The molecule has 2 aromatic carbocycles. The summed E-state index contributed by atoms with van der Waals surface area (Å²) >= 11 is 6.34. The molecule has 4 aromatic rings. The zero-order chi connectivity index (χ0) is 22.7. The predicted molar refractivity (Wildman–Crippen MR) is 128 cm³/mol. The van der Waals surface area contributed by atoms with Crippen molar-refractivity contribution in [2.24, 2.45) is 0 Å². The summed E-state index contributed by atoms with van der Waals surface area (Å²) in [5, 5.41) is 4.03. The van der Waals surface area contributed by atoms with E-state index < -0.39 is 11.7 Å². The van der Waals surface area contributed by atoms with Crippen LogP contribution in [0.1, 0.15) is 26.3 Å². The lowest BCUT2D eigenvalue weighted by atomic mass is 9.97. The van der Waals surface area contributed by atoms with Crippen molar-refractivity contribution in [3.8, 4) is 22.4 Å². The third-order valence-electron chi connectivity index (χ3n) is 4.84. The molecule has 2 aromatic heterocycles. The average Bonchev–Trinajstić information content (AvgIpc) is 2.77. The Labute approximate surface area is 192 Å². The van der Waals surface area contributed by atoms with E-state index in [2.05, 4.69) is 22.4 Å². The molecular weight excluding hydrogens is 422 g/mol. The van der Waals surface area contributed by atoms with Gasteiger partial charge in [0.1, 0.15) is 10.8 Å². The number of pyridine rings is 2. The van der Waals surface area contributed by atoms with Crippen molar-refractivity contribution in [2.75, 3.05) is 0 Å². The Hall–Kier alpha value is -3.44. The number of benzene rings is 2. The molecule has 0 bridgehead atoms. The van der Waals surface area contributed by atoms with Crippen LogP contribution in [0.5, 0.6) is 0 Å². The molecule has 1 N–H and O–H groups in total. The maximum absolute atomic E-state index is 11.9. The first-order valence-electron chi connectivity index (χ1n) is 10.4. The van der Waals surface area contributed by atoms with Crippen LogP contribution < -0.4 is 5.32 Å². The molecule has 0 saturated heterocycles. The highest BCUT2D eigenvalue weighted by Gasteiger charge is 2.16. The molecule has 0 aliphatic carbocycles. The monoisotopic (exact) mass is 445 g/mol. The quantitative estimate of drug-likeness (QED) is 0.357. The first kappa shape index (κ1) is 21.8. The number of hydrogen-bond donors (Lipinski definition) is 1. The molecule has 162 valence electrons. The van der Waals surface area contributed by atoms with Crippen LogP contribution in [0.4, 0.5) is 4.79 Å². The van der Waals surface area contributed by atoms with E-state index in [0.29, 0.717) is 11.7 Å². The van der Waals surface area contributed by atoms with E-state index in [-0.39, 0.29) is 0 Å². The van der Waals surface area contributed by atoms with Gasteiger partial charge in [-0.1, -0.05) is 66.2 Å². The smallest absolute Gasteiger partial charge is 0.407 e. The third kappa shape index (κ3) is 5.06. The van der Waals surface area contributed by atoms with Crippen molar-refractivity contribution in [1.82, 2.24) is 15.3 Å². The van der Waals surface area contributed by atoms with Gasteiger partial charge in [-0.3, -0.25) is 0 Å². The van der Waals surface area contributed by atoms with Gasteiger partial charge in [-0.05, 0) is 44.0 Å². The topological polar surface area (TPSA) is 64.1 Å². The predicted octanol–water partition coefficient (Wildman–Crippen LogP) is 6.64. The number of nitrogens with one attached hydrogen (secondary N) is 1. The molecule has 0 aliphatic heterocycles. The molecule has 0 unspecified atom stereocenters. The number of aromatic nitrogens is 2. The fraction of sp³-hybridized carbons (Fsp3) is 0.192. The van der Waals surface area contributed by atoms with Crippen LogP contribution in [-0.2, 0) is 11.3 Å². The van der Waals surface area contributed by atoms with E-state index in [1.54, 1.807) is 6.20 Å². The number of amides is 1. The lowest BCUT2D eigenvalue weighted by Crippen LogP contribution is -2.32. The molecule has 0 radical (unpaired) electrons. The lowest BCUT2D eigenvalue weighted by molar-refractivity contribution is 0.0523. The van der Waals surface area contributed by atoms with Crippen molar-refractivity contribution < 1.29 is 9.53 Å². The molecule has 2 heterocycles. The fourth-order valence-electron chi connectivity index (χ4n) is 3.39. The zero-order valence-corrected chi connectivity index (χ0v) is 19.0. The van der Waals surface area contributed by atoms with E-state index in [1.165, 1.54) is 0 Å². The molecule has 0 fully saturated rings. The van der Waals surface area contributed by atoms with Gasteiger partial charge in [0.25, 0.3) is 0 Å². The number of carbonyl (C=O) groups excluding carboxylic acids is 1. The molecule has 1 amide bonds. The number of fused-ring (bicyclic) bond motifs is 1. The SMILES string of the molecule is CC(C)(C)OC(=O)NCc1ccc(-c2nc3ccnc(Cl)c3cc2-c2ccccc2)cc1. The second kappa shape index (κ2) is 8.97. The molecular formula is C26H24ClN3O2. The number of rotatable bonds is 4. The number of alkyl carbamates (subject to hydrolysis) is 1. The van der Waals surface area contributed by atoms with Gasteiger partial charge < -0.3 is 10.1 Å². The highest BCUT2D eigenvalue weighted by molar-refractivity contribution is 6.34. The van der Waals surface area contributed by atoms with Crippen LogP contribution in [-0.4, -0.2) is 21.7 Å². The Morgan fingerprint density at radius 1 is 1.00 bits per heavy atom. The van der Waals surface area contributed by atoms with Gasteiger partial charge >= 0.3 is 6.09 Å². The lowest BCUT2D eigenvalue weighted by Gasteiger charge is -2.19. The van der Waals surface area contributed by atoms with E-state index in [1.807, 2.05) is 75.4 Å². The minimum Gasteiger partial charge on any atom is -0.444 e. The Kier molecular flexibility index (Phi) is 6.10. The summed E-state index contributed by atoms with van der Waals surface area (Å²) in [5.74, 6) is 0. The van der Waals surface area contributed by atoms with Crippen LogP contribution in [0, 0.1) is 0 Å². The summed E-state index contributed by atoms with van der Waals surface area (Å²) in [5.41, 5.74) is 5.09. The fourth-order valence-corrected chi connectivity index (χ4v) is 3.60. The maximum Gasteiger partial charge on any atom is 0.407 e. The maximum atomic E-state index is 11.9. The van der Waals surface area contributed by atoms with Crippen molar-refractivity contribution in [3.05, 3.63) is 83.6 Å². The molecule has 0 atom stereocenters. The normalized spacial score (nSPS) is 11.4. The molecule has 0 saturated carbocycles. The Morgan fingerprint density at radius 2 is 1.72 bits per heavy atom. The highest BCUT2D eigenvalue weighted by atomic mass is 35.5. The molecule has 0 aliphatic rings. The highest BCUT2D eigenvalue weighted by Crippen LogP contribution is 2.35. The van der Waals surface area contributed by atoms with E-state index in [9.17, 15) is 4.79 Å². The third-order valence-corrected chi connectivity index (χ3v) is 5.14. The molecule has 0 spiro atoms. The van der Waals surface area contributed by atoms with Gasteiger partial charge in [-0.25, -0.2) is 14.8 Å². The van der Waals surface area contributed by atoms with Gasteiger partial charge in [0, 0.05) is 29.3 Å². The molecule has 5 nitrogen and oxygen atoms in total. The van der Waals surface area contributed by atoms with E-state index >= 15 is 0 Å². The van der Waals surface area contributed by atoms with E-state index in [4.69, 9.17) is 21.3 Å². The van der Waals surface area contributed by atoms with Crippen LogP contribution in [0.3, 0.4) is 0 Å². The zero-order valence-electron chi connectivity index (χ0n) is 18.2. The summed E-state index contributed by atoms with van der Waals surface area (Å²) in [7, 11) is 0. The number of nitrogens with zero attached hydrogens (tertiary/aromatic N) is 2. The summed E-state index contributed by atoms with van der Waals surface area (Å²) in [6.45, 7) is 5.90. The number of halogens is 1. The van der Waals surface area contributed by atoms with Gasteiger partial charge in [0.2, 0.25) is 0 Å². The first-order valence-corrected chi connectivity index (χ1v) is 10.7. The largest absolute Gasteiger partial charge is 0.444 e. The standard InChI is InChI=1S/C26H24ClN3O2/c1-26(2,3)32-25(31)29-16-17-9-11-19(12-10-17)23-20(18-7-5-4-6-8-18)15-21-22(30-23)13-14-28-24(21)27/h4-15H,16H2,1-3H3,(H,29,31). The van der Waals surface area contributed by atoms with Gasteiger partial charge in [0.05, 0.1) is 11.2 Å². The molecule has 6 heteroatoms. The van der Waals surface area contributed by atoms with Gasteiger partial charge in [-0.15, -0.1) is 0 Å². The van der Waals surface area contributed by atoms with Crippen LogP contribution in [0.25, 0.3) is 33.3 Å². The van der Waals surface area contributed by atoms with Crippen molar-refractivity contribution in [3.63, 3.8) is 0 Å².